The van der Waals surface area contributed by atoms with Gasteiger partial charge in [0.25, 0.3) is 5.91 Å². The standard InChI is InChI=1S/C13H18N2O2S/c1-8-4-5-9(2)13(10(8)3)17-7-12(16)15-6-11(14)18/h4-5H,6-7H2,1-3H3,(H2,14,18)(H,15,16). The van der Waals surface area contributed by atoms with Crippen LogP contribution in [0.3, 0.4) is 0 Å². The summed E-state index contributed by atoms with van der Waals surface area (Å²) in [7, 11) is 0. The second kappa shape index (κ2) is 6.35. The van der Waals surface area contributed by atoms with Crippen LogP contribution in [0.1, 0.15) is 16.7 Å². The van der Waals surface area contributed by atoms with E-state index in [1.54, 1.807) is 0 Å². The minimum Gasteiger partial charge on any atom is -0.483 e. The van der Waals surface area contributed by atoms with Crippen LogP contribution >= 0.6 is 12.2 Å². The van der Waals surface area contributed by atoms with E-state index in [9.17, 15) is 4.79 Å². The molecule has 0 fully saturated rings. The molecule has 18 heavy (non-hydrogen) atoms. The van der Waals surface area contributed by atoms with Crippen molar-refractivity contribution in [3.63, 3.8) is 0 Å². The van der Waals surface area contributed by atoms with Gasteiger partial charge in [-0.2, -0.15) is 0 Å². The Morgan fingerprint density at radius 1 is 1.33 bits per heavy atom. The molecule has 0 aromatic heterocycles. The van der Waals surface area contributed by atoms with Crippen LogP contribution in [0.4, 0.5) is 0 Å². The molecular formula is C13H18N2O2S. The summed E-state index contributed by atoms with van der Waals surface area (Å²) in [4.78, 5) is 11.7. The fourth-order valence-corrected chi connectivity index (χ4v) is 1.59. The third-order valence-electron chi connectivity index (χ3n) is 2.68. The molecule has 0 bridgehead atoms. The van der Waals surface area contributed by atoms with Crippen molar-refractivity contribution in [3.05, 3.63) is 28.8 Å². The van der Waals surface area contributed by atoms with Crippen LogP contribution in [-0.4, -0.2) is 24.0 Å². The molecule has 5 heteroatoms. The summed E-state index contributed by atoms with van der Waals surface area (Å²) in [5.41, 5.74) is 8.50. The number of thiocarbonyl (C=S) groups is 1. The summed E-state index contributed by atoms with van der Waals surface area (Å²) in [6.07, 6.45) is 0. The molecule has 0 radical (unpaired) electrons. The average Bonchev–Trinajstić information content (AvgIpc) is 2.31. The van der Waals surface area contributed by atoms with Gasteiger partial charge in [-0.1, -0.05) is 24.4 Å². The minimum atomic E-state index is -0.233. The number of nitrogens with one attached hydrogen (secondary N) is 1. The van der Waals surface area contributed by atoms with E-state index in [0.29, 0.717) is 0 Å². The number of benzene rings is 1. The average molecular weight is 266 g/mol. The molecule has 0 atom stereocenters. The Hall–Kier alpha value is -1.62. The summed E-state index contributed by atoms with van der Waals surface area (Å²) in [6, 6.07) is 4.01. The van der Waals surface area contributed by atoms with Crippen molar-refractivity contribution in [2.45, 2.75) is 20.8 Å². The number of nitrogens with two attached hydrogens (primary N) is 1. The first-order chi connectivity index (χ1) is 8.41. The fourth-order valence-electron chi connectivity index (χ4n) is 1.52. The monoisotopic (exact) mass is 266 g/mol. The lowest BCUT2D eigenvalue weighted by Gasteiger charge is -2.13. The third-order valence-corrected chi connectivity index (χ3v) is 2.83. The molecule has 0 saturated carbocycles. The molecule has 0 unspecified atom stereocenters. The summed E-state index contributed by atoms with van der Waals surface area (Å²) >= 11 is 4.67. The van der Waals surface area contributed by atoms with Gasteiger partial charge in [-0.25, -0.2) is 0 Å². The van der Waals surface area contributed by atoms with Crippen molar-refractivity contribution in [3.8, 4) is 5.75 Å². The van der Waals surface area contributed by atoms with Crippen molar-refractivity contribution in [2.75, 3.05) is 13.2 Å². The molecule has 0 spiro atoms. The topological polar surface area (TPSA) is 64.3 Å². The Morgan fingerprint density at radius 2 is 1.94 bits per heavy atom. The highest BCUT2D eigenvalue weighted by Crippen LogP contribution is 2.25. The van der Waals surface area contributed by atoms with Gasteiger partial charge in [-0.15, -0.1) is 0 Å². The molecule has 1 aromatic carbocycles. The summed E-state index contributed by atoms with van der Waals surface area (Å²) < 4.78 is 5.55. The lowest BCUT2D eigenvalue weighted by atomic mass is 10.1. The van der Waals surface area contributed by atoms with Gasteiger partial charge in [-0.05, 0) is 37.5 Å². The van der Waals surface area contributed by atoms with Gasteiger partial charge < -0.3 is 15.8 Å². The van der Waals surface area contributed by atoms with Gasteiger partial charge in [0.1, 0.15) is 5.75 Å². The first-order valence-electron chi connectivity index (χ1n) is 5.66. The molecule has 98 valence electrons. The van der Waals surface area contributed by atoms with Crippen LogP contribution in [0.2, 0.25) is 0 Å². The van der Waals surface area contributed by atoms with Crippen LogP contribution in [0.15, 0.2) is 12.1 Å². The highest BCUT2D eigenvalue weighted by Gasteiger charge is 2.09. The van der Waals surface area contributed by atoms with Crippen molar-refractivity contribution in [1.82, 2.24) is 5.32 Å². The largest absolute Gasteiger partial charge is 0.483 e. The lowest BCUT2D eigenvalue weighted by molar-refractivity contribution is -0.122. The lowest BCUT2D eigenvalue weighted by Crippen LogP contribution is -2.35. The maximum Gasteiger partial charge on any atom is 0.258 e. The number of amides is 1. The fraction of sp³-hybridized carbons (Fsp3) is 0.385. The first kappa shape index (κ1) is 14.4. The quantitative estimate of drug-likeness (QED) is 0.791. The van der Waals surface area contributed by atoms with E-state index in [0.717, 1.165) is 22.4 Å². The maximum absolute atomic E-state index is 11.5. The molecule has 1 rings (SSSR count). The molecule has 0 aliphatic carbocycles. The van der Waals surface area contributed by atoms with E-state index >= 15 is 0 Å². The molecule has 0 aliphatic rings. The Labute approximate surface area is 113 Å². The van der Waals surface area contributed by atoms with Gasteiger partial charge >= 0.3 is 0 Å². The van der Waals surface area contributed by atoms with Crippen LogP contribution < -0.4 is 15.8 Å². The predicted molar refractivity (Wildman–Crippen MR) is 75.9 cm³/mol. The van der Waals surface area contributed by atoms with Crippen molar-refractivity contribution < 1.29 is 9.53 Å². The van der Waals surface area contributed by atoms with Crippen molar-refractivity contribution >= 4 is 23.1 Å². The van der Waals surface area contributed by atoms with E-state index in [1.807, 2.05) is 32.9 Å². The number of hydrogen-bond donors (Lipinski definition) is 2. The van der Waals surface area contributed by atoms with E-state index in [2.05, 4.69) is 17.5 Å². The summed E-state index contributed by atoms with van der Waals surface area (Å²) in [5, 5.41) is 2.58. The smallest absolute Gasteiger partial charge is 0.258 e. The van der Waals surface area contributed by atoms with Crippen LogP contribution in [0.25, 0.3) is 0 Å². The number of ether oxygens (including phenoxy) is 1. The number of carbonyl (C=O) groups is 1. The highest BCUT2D eigenvalue weighted by molar-refractivity contribution is 7.80. The normalized spacial score (nSPS) is 9.94. The molecule has 3 N–H and O–H groups in total. The van der Waals surface area contributed by atoms with E-state index in [1.165, 1.54) is 0 Å². The minimum absolute atomic E-state index is 0.0340. The van der Waals surface area contributed by atoms with Crippen LogP contribution in [-0.2, 0) is 4.79 Å². The summed E-state index contributed by atoms with van der Waals surface area (Å²) in [5.74, 6) is 0.531. The van der Waals surface area contributed by atoms with Gasteiger partial charge in [0.15, 0.2) is 6.61 Å². The molecule has 0 saturated heterocycles. The third kappa shape index (κ3) is 4.00. The SMILES string of the molecule is Cc1ccc(C)c(OCC(=O)NCC(N)=S)c1C. The van der Waals surface area contributed by atoms with E-state index in [4.69, 9.17) is 10.5 Å². The summed E-state index contributed by atoms with van der Waals surface area (Å²) in [6.45, 7) is 6.10. The van der Waals surface area contributed by atoms with E-state index < -0.39 is 0 Å². The number of aryl methyl sites for hydroxylation is 2. The second-order valence-electron chi connectivity index (χ2n) is 4.19. The predicted octanol–water partition coefficient (Wildman–Crippen LogP) is 1.39. The van der Waals surface area contributed by atoms with Gasteiger partial charge in [-0.3, -0.25) is 4.79 Å². The van der Waals surface area contributed by atoms with Gasteiger partial charge in [0.05, 0.1) is 11.5 Å². The second-order valence-corrected chi connectivity index (χ2v) is 4.71. The van der Waals surface area contributed by atoms with Crippen molar-refractivity contribution in [1.29, 1.82) is 0 Å². The zero-order valence-corrected chi connectivity index (χ0v) is 11.7. The Kier molecular flexibility index (Phi) is 5.09. The number of carbonyl (C=O) groups excluding carboxylic acids is 1. The molecular weight excluding hydrogens is 248 g/mol. The van der Waals surface area contributed by atoms with Gasteiger partial charge in [0, 0.05) is 0 Å². The number of rotatable bonds is 5. The zero-order chi connectivity index (χ0) is 13.7. The number of hydrogen-bond acceptors (Lipinski definition) is 3. The Balaban J connectivity index is 2.61. The molecule has 1 amide bonds. The zero-order valence-electron chi connectivity index (χ0n) is 10.9. The van der Waals surface area contributed by atoms with Crippen molar-refractivity contribution in [2.24, 2.45) is 5.73 Å². The molecule has 0 aliphatic heterocycles. The van der Waals surface area contributed by atoms with Gasteiger partial charge in [0.2, 0.25) is 0 Å². The van der Waals surface area contributed by atoms with Crippen LogP contribution in [0.5, 0.6) is 5.75 Å². The Bertz CT molecular complexity index is 472. The van der Waals surface area contributed by atoms with Crippen LogP contribution in [0, 0.1) is 20.8 Å². The van der Waals surface area contributed by atoms with E-state index in [-0.39, 0.29) is 24.0 Å². The molecule has 1 aromatic rings. The highest BCUT2D eigenvalue weighted by atomic mass is 32.1. The molecule has 4 nitrogen and oxygen atoms in total. The molecule has 0 heterocycles. The maximum atomic E-state index is 11.5. The first-order valence-corrected chi connectivity index (χ1v) is 6.07. The Morgan fingerprint density at radius 3 is 2.56 bits per heavy atom.